The summed E-state index contributed by atoms with van der Waals surface area (Å²) >= 11 is 0. The first-order chi connectivity index (χ1) is 11.9. The molecule has 1 aliphatic rings. The Morgan fingerprint density at radius 3 is 2.56 bits per heavy atom. The van der Waals surface area contributed by atoms with E-state index in [1.54, 1.807) is 7.11 Å². The van der Waals surface area contributed by atoms with Crippen LogP contribution in [0.3, 0.4) is 0 Å². The monoisotopic (exact) mass is 355 g/mol. The molecule has 0 aliphatic carbocycles. The van der Waals surface area contributed by atoms with E-state index in [2.05, 4.69) is 55.2 Å². The smallest absolute Gasteiger partial charge is 0.191 e. The first kappa shape index (κ1) is 22.2. The van der Waals surface area contributed by atoms with E-state index in [0.29, 0.717) is 6.54 Å². The molecule has 1 atom stereocenters. The van der Waals surface area contributed by atoms with Crippen molar-refractivity contribution in [1.82, 2.24) is 20.4 Å². The lowest BCUT2D eigenvalue weighted by molar-refractivity contribution is 0.0241. The zero-order valence-electron chi connectivity index (χ0n) is 17.4. The van der Waals surface area contributed by atoms with Crippen molar-refractivity contribution in [1.29, 1.82) is 0 Å². The molecular formula is C19H41N5O. The molecule has 6 nitrogen and oxygen atoms in total. The fourth-order valence-corrected chi connectivity index (χ4v) is 3.05. The largest absolute Gasteiger partial charge is 0.379 e. The third-order valence-electron chi connectivity index (χ3n) is 4.77. The van der Waals surface area contributed by atoms with Gasteiger partial charge in [-0.25, -0.2) is 0 Å². The van der Waals surface area contributed by atoms with E-state index in [1.165, 1.54) is 32.6 Å². The molecule has 0 aromatic carbocycles. The molecule has 0 aromatic rings. The highest BCUT2D eigenvalue weighted by Crippen LogP contribution is 2.21. The Morgan fingerprint density at radius 2 is 1.92 bits per heavy atom. The second-order valence-corrected chi connectivity index (χ2v) is 8.09. The van der Waals surface area contributed by atoms with Crippen molar-refractivity contribution in [2.24, 2.45) is 10.4 Å². The van der Waals surface area contributed by atoms with Gasteiger partial charge in [-0.1, -0.05) is 20.8 Å². The summed E-state index contributed by atoms with van der Waals surface area (Å²) in [6.45, 7) is 17.1. The third kappa shape index (κ3) is 9.42. The van der Waals surface area contributed by atoms with E-state index in [0.717, 1.165) is 32.0 Å². The lowest BCUT2D eigenvalue weighted by atomic mass is 9.89. The van der Waals surface area contributed by atoms with Crippen LogP contribution in [0.1, 0.15) is 40.5 Å². The Morgan fingerprint density at radius 1 is 1.16 bits per heavy atom. The summed E-state index contributed by atoms with van der Waals surface area (Å²) < 4.78 is 5.60. The van der Waals surface area contributed by atoms with Crippen LogP contribution < -0.4 is 10.6 Å². The number of ether oxygens (including phenoxy) is 1. The van der Waals surface area contributed by atoms with Gasteiger partial charge in [0.05, 0.1) is 12.6 Å². The fourth-order valence-electron chi connectivity index (χ4n) is 3.05. The van der Waals surface area contributed by atoms with Crippen LogP contribution in [0.25, 0.3) is 0 Å². The van der Waals surface area contributed by atoms with Crippen LogP contribution in [0.2, 0.25) is 0 Å². The number of hydrogen-bond acceptors (Lipinski definition) is 4. The van der Waals surface area contributed by atoms with Crippen molar-refractivity contribution < 1.29 is 4.74 Å². The van der Waals surface area contributed by atoms with Gasteiger partial charge in [0.1, 0.15) is 0 Å². The summed E-state index contributed by atoms with van der Waals surface area (Å²) in [5, 5.41) is 6.79. The van der Waals surface area contributed by atoms with E-state index >= 15 is 0 Å². The molecule has 1 heterocycles. The van der Waals surface area contributed by atoms with Crippen molar-refractivity contribution in [2.75, 3.05) is 66.5 Å². The first-order valence-corrected chi connectivity index (χ1v) is 9.82. The van der Waals surface area contributed by atoms with E-state index < -0.39 is 0 Å². The van der Waals surface area contributed by atoms with E-state index in [9.17, 15) is 0 Å². The molecule has 1 saturated heterocycles. The topological polar surface area (TPSA) is 52.1 Å². The summed E-state index contributed by atoms with van der Waals surface area (Å²) in [7, 11) is 3.99. The van der Waals surface area contributed by atoms with Gasteiger partial charge in [-0.15, -0.1) is 0 Å². The zero-order chi connectivity index (χ0) is 18.7. The van der Waals surface area contributed by atoms with Gasteiger partial charge in [-0.3, -0.25) is 4.99 Å². The molecule has 1 aliphatic heterocycles. The highest BCUT2D eigenvalue weighted by atomic mass is 16.5. The maximum absolute atomic E-state index is 5.60. The second kappa shape index (κ2) is 11.7. The minimum Gasteiger partial charge on any atom is -0.379 e. The van der Waals surface area contributed by atoms with Gasteiger partial charge in [0.15, 0.2) is 5.96 Å². The SMILES string of the molecule is CCNC(=NCC(OC)C(C)(C)C)NCCCN1CCCN(C)CC1. The zero-order valence-corrected chi connectivity index (χ0v) is 17.4. The quantitative estimate of drug-likeness (QED) is 0.394. The number of rotatable bonds is 8. The summed E-state index contributed by atoms with van der Waals surface area (Å²) in [6, 6.07) is 0. The van der Waals surface area contributed by atoms with Crippen LogP contribution in [0.5, 0.6) is 0 Å². The number of aliphatic imine (C=N–C) groups is 1. The van der Waals surface area contributed by atoms with Gasteiger partial charge in [-0.2, -0.15) is 0 Å². The van der Waals surface area contributed by atoms with Crippen LogP contribution in [-0.4, -0.2) is 88.4 Å². The third-order valence-corrected chi connectivity index (χ3v) is 4.77. The molecule has 1 fully saturated rings. The van der Waals surface area contributed by atoms with Crippen molar-refractivity contribution in [2.45, 2.75) is 46.6 Å². The van der Waals surface area contributed by atoms with Gasteiger partial charge in [0.25, 0.3) is 0 Å². The molecule has 2 N–H and O–H groups in total. The Hall–Kier alpha value is -0.850. The molecule has 6 heteroatoms. The fraction of sp³-hybridized carbons (Fsp3) is 0.947. The maximum atomic E-state index is 5.60. The van der Waals surface area contributed by atoms with Crippen LogP contribution in [0.15, 0.2) is 4.99 Å². The number of nitrogens with one attached hydrogen (secondary N) is 2. The van der Waals surface area contributed by atoms with Gasteiger partial charge in [0.2, 0.25) is 0 Å². The van der Waals surface area contributed by atoms with Crippen LogP contribution in [0, 0.1) is 5.41 Å². The molecule has 0 spiro atoms. The molecule has 0 bridgehead atoms. The molecule has 1 rings (SSSR count). The standard InChI is InChI=1S/C19H41N5O/c1-7-20-18(22-16-17(25-6)19(2,3)4)21-10-8-12-24-13-9-11-23(5)14-15-24/h17H,7-16H2,1-6H3,(H2,20,21,22). The molecule has 1 unspecified atom stereocenters. The van der Waals surface area contributed by atoms with E-state index in [1.807, 2.05) is 0 Å². The Labute approximate surface area is 155 Å². The molecular weight excluding hydrogens is 314 g/mol. The molecule has 0 radical (unpaired) electrons. The normalized spacial score (nSPS) is 19.5. The number of hydrogen-bond donors (Lipinski definition) is 2. The number of nitrogens with zero attached hydrogens (tertiary/aromatic N) is 3. The van der Waals surface area contributed by atoms with Gasteiger partial charge in [-0.05, 0) is 51.9 Å². The number of likely N-dealkylation sites (N-methyl/N-ethyl adjacent to an activating group) is 1. The summed E-state index contributed by atoms with van der Waals surface area (Å²) in [6.07, 6.45) is 2.54. The first-order valence-electron chi connectivity index (χ1n) is 9.82. The Balaban J connectivity index is 2.35. The minimum atomic E-state index is 0.0928. The molecule has 148 valence electrons. The lowest BCUT2D eigenvalue weighted by Crippen LogP contribution is -2.40. The molecule has 0 aromatic heterocycles. The molecule has 0 amide bonds. The van der Waals surface area contributed by atoms with Crippen molar-refractivity contribution >= 4 is 5.96 Å². The summed E-state index contributed by atoms with van der Waals surface area (Å²) in [5.41, 5.74) is 0.0928. The predicted octanol–water partition coefficient (Wildman–Crippen LogP) is 1.63. The van der Waals surface area contributed by atoms with E-state index in [4.69, 9.17) is 9.73 Å². The van der Waals surface area contributed by atoms with Gasteiger partial charge >= 0.3 is 0 Å². The van der Waals surface area contributed by atoms with Crippen molar-refractivity contribution in [3.8, 4) is 0 Å². The predicted molar refractivity (Wildman–Crippen MR) is 107 cm³/mol. The maximum Gasteiger partial charge on any atom is 0.191 e. The van der Waals surface area contributed by atoms with Crippen LogP contribution >= 0.6 is 0 Å². The Bertz CT molecular complexity index is 381. The van der Waals surface area contributed by atoms with Crippen molar-refractivity contribution in [3.63, 3.8) is 0 Å². The number of methoxy groups -OCH3 is 1. The Kier molecular flexibility index (Phi) is 10.4. The van der Waals surface area contributed by atoms with Gasteiger partial charge < -0.3 is 25.2 Å². The highest BCUT2D eigenvalue weighted by Gasteiger charge is 2.24. The van der Waals surface area contributed by atoms with Crippen LogP contribution in [-0.2, 0) is 4.74 Å². The summed E-state index contributed by atoms with van der Waals surface area (Å²) in [5.74, 6) is 0.893. The highest BCUT2D eigenvalue weighted by molar-refractivity contribution is 5.79. The summed E-state index contributed by atoms with van der Waals surface area (Å²) in [4.78, 5) is 9.71. The molecule has 0 saturated carbocycles. The van der Waals surface area contributed by atoms with Crippen LogP contribution in [0.4, 0.5) is 0 Å². The van der Waals surface area contributed by atoms with E-state index in [-0.39, 0.29) is 11.5 Å². The van der Waals surface area contributed by atoms with Crippen molar-refractivity contribution in [3.05, 3.63) is 0 Å². The average molecular weight is 356 g/mol. The average Bonchev–Trinajstić information content (AvgIpc) is 2.75. The minimum absolute atomic E-state index is 0.0928. The number of guanidine groups is 1. The second-order valence-electron chi connectivity index (χ2n) is 8.09. The molecule has 25 heavy (non-hydrogen) atoms. The lowest BCUT2D eigenvalue weighted by Gasteiger charge is -2.28. The van der Waals surface area contributed by atoms with Gasteiger partial charge in [0, 0.05) is 33.3 Å².